The van der Waals surface area contributed by atoms with Crippen molar-refractivity contribution in [3.63, 3.8) is 0 Å². The maximum Gasteiger partial charge on any atom is 0.109 e. The van der Waals surface area contributed by atoms with Crippen LogP contribution in [0, 0.1) is 0 Å². The Labute approximate surface area is 217 Å². The Balaban J connectivity index is 1.15. The number of hydrogen-bond acceptors (Lipinski definition) is 4. The summed E-state index contributed by atoms with van der Waals surface area (Å²) >= 11 is 12.7. The molecule has 0 N–H and O–H groups in total. The normalized spacial score (nSPS) is 21.9. The van der Waals surface area contributed by atoms with E-state index in [-0.39, 0.29) is 11.7 Å². The molecule has 0 radical (unpaired) electrons. The zero-order valence-electron chi connectivity index (χ0n) is 19.9. The number of halogens is 2. The third kappa shape index (κ3) is 4.70. The van der Waals surface area contributed by atoms with Crippen LogP contribution in [0.3, 0.4) is 0 Å². The van der Waals surface area contributed by atoms with Gasteiger partial charge in [0.05, 0.1) is 23.2 Å². The van der Waals surface area contributed by atoms with E-state index in [1.165, 1.54) is 36.1 Å². The lowest BCUT2D eigenvalue weighted by molar-refractivity contribution is -0.0979. The van der Waals surface area contributed by atoms with Crippen molar-refractivity contribution in [3.05, 3.63) is 93.2 Å². The molecule has 1 unspecified atom stereocenters. The summed E-state index contributed by atoms with van der Waals surface area (Å²) in [6, 6.07) is 18.8. The summed E-state index contributed by atoms with van der Waals surface area (Å²) in [5, 5.41) is 1.28. The zero-order chi connectivity index (χ0) is 23.8. The summed E-state index contributed by atoms with van der Waals surface area (Å²) in [4.78, 5) is 9.77. The van der Waals surface area contributed by atoms with Gasteiger partial charge in [0.15, 0.2) is 0 Å². The smallest absolute Gasteiger partial charge is 0.109 e. The molecule has 0 bridgehead atoms. The number of nitrogens with zero attached hydrogens (tertiary/aromatic N) is 3. The van der Waals surface area contributed by atoms with Gasteiger partial charge in [0, 0.05) is 42.8 Å². The lowest BCUT2D eigenvalue weighted by atomic mass is 9.83. The largest absolute Gasteiger partial charge is 0.370 e. The van der Waals surface area contributed by atoms with Gasteiger partial charge in [-0.3, -0.25) is 9.88 Å². The number of pyridine rings is 1. The highest BCUT2D eigenvalue weighted by Gasteiger charge is 2.47. The number of fused-ring (bicyclic) bond motifs is 2. The molecule has 35 heavy (non-hydrogen) atoms. The van der Waals surface area contributed by atoms with Crippen molar-refractivity contribution in [3.8, 4) is 0 Å². The van der Waals surface area contributed by atoms with E-state index >= 15 is 0 Å². The molecule has 0 aliphatic carbocycles. The molecule has 1 atom stereocenters. The Morgan fingerprint density at radius 3 is 2.34 bits per heavy atom. The van der Waals surface area contributed by atoms with E-state index in [1.807, 2.05) is 12.1 Å². The van der Waals surface area contributed by atoms with E-state index in [4.69, 9.17) is 32.9 Å². The molecule has 182 valence electrons. The van der Waals surface area contributed by atoms with Gasteiger partial charge in [0.2, 0.25) is 0 Å². The van der Waals surface area contributed by atoms with Crippen LogP contribution in [0.5, 0.6) is 0 Å². The van der Waals surface area contributed by atoms with Gasteiger partial charge in [-0.05, 0) is 79.1 Å². The molecule has 3 aliphatic heterocycles. The molecule has 3 aromatic rings. The van der Waals surface area contributed by atoms with E-state index in [2.05, 4.69) is 52.4 Å². The predicted molar refractivity (Wildman–Crippen MR) is 142 cm³/mol. The minimum Gasteiger partial charge on any atom is -0.370 e. The van der Waals surface area contributed by atoms with E-state index in [9.17, 15) is 0 Å². The molecule has 4 nitrogen and oxygen atoms in total. The molecule has 1 spiro atoms. The van der Waals surface area contributed by atoms with Crippen molar-refractivity contribution in [2.24, 2.45) is 0 Å². The third-order valence-corrected chi connectivity index (χ3v) is 8.28. The highest BCUT2D eigenvalue weighted by atomic mass is 35.5. The van der Waals surface area contributed by atoms with Crippen LogP contribution in [-0.2, 0) is 16.9 Å². The highest BCUT2D eigenvalue weighted by Crippen LogP contribution is 2.51. The number of piperidine rings is 2. The lowest BCUT2D eigenvalue weighted by Gasteiger charge is -2.39. The molecule has 6 heteroatoms. The summed E-state index contributed by atoms with van der Waals surface area (Å²) in [5.74, 6) is 0. The minimum atomic E-state index is -0.266. The third-order valence-electron chi connectivity index (χ3n) is 7.84. The topological polar surface area (TPSA) is 28.6 Å². The van der Waals surface area contributed by atoms with Crippen LogP contribution in [0.4, 0.5) is 5.69 Å². The Morgan fingerprint density at radius 1 is 0.886 bits per heavy atom. The Morgan fingerprint density at radius 2 is 1.63 bits per heavy atom. The van der Waals surface area contributed by atoms with Crippen LogP contribution >= 0.6 is 23.2 Å². The molecular formula is C29H31Cl2N3O. The molecule has 2 aromatic carbocycles. The molecule has 0 saturated carbocycles. The van der Waals surface area contributed by atoms with Crippen LogP contribution in [0.1, 0.15) is 60.6 Å². The van der Waals surface area contributed by atoms with E-state index in [0.717, 1.165) is 56.8 Å². The number of anilines is 1. The van der Waals surface area contributed by atoms with Gasteiger partial charge in [-0.25, -0.2) is 0 Å². The van der Waals surface area contributed by atoms with Gasteiger partial charge < -0.3 is 9.64 Å². The summed E-state index contributed by atoms with van der Waals surface area (Å²) < 4.78 is 6.87. The Kier molecular flexibility index (Phi) is 6.48. The maximum absolute atomic E-state index is 6.87. The fraction of sp³-hybridized carbons (Fsp3) is 0.414. The molecule has 1 aromatic heterocycles. The van der Waals surface area contributed by atoms with E-state index in [0.29, 0.717) is 10.0 Å². The number of aromatic nitrogens is 1. The zero-order valence-corrected chi connectivity index (χ0v) is 21.4. The second-order valence-electron chi connectivity index (χ2n) is 10.1. The van der Waals surface area contributed by atoms with Gasteiger partial charge in [0.1, 0.15) is 6.10 Å². The van der Waals surface area contributed by atoms with Crippen LogP contribution < -0.4 is 4.90 Å². The summed E-state index contributed by atoms with van der Waals surface area (Å²) in [6.45, 7) is 5.14. The molecule has 6 rings (SSSR count). The van der Waals surface area contributed by atoms with Crippen LogP contribution in [0.15, 0.2) is 60.8 Å². The number of benzene rings is 2. The quantitative estimate of drug-likeness (QED) is 0.380. The second-order valence-corrected chi connectivity index (χ2v) is 11.0. The van der Waals surface area contributed by atoms with Gasteiger partial charge in [-0.15, -0.1) is 0 Å². The predicted octanol–water partition coefficient (Wildman–Crippen LogP) is 6.99. The summed E-state index contributed by atoms with van der Waals surface area (Å²) in [7, 11) is 0. The fourth-order valence-electron chi connectivity index (χ4n) is 6.01. The molecule has 0 amide bonds. The van der Waals surface area contributed by atoms with Crippen molar-refractivity contribution in [2.45, 2.75) is 50.4 Å². The van der Waals surface area contributed by atoms with Crippen molar-refractivity contribution in [1.82, 2.24) is 9.88 Å². The standard InChI is InChI=1S/C29H31Cl2N3O/c30-22-16-21(17-23(31)18-22)28-26-6-2-3-7-27(26)29(35-28)10-14-33(15-11-29)20-24-8-9-25(19-32-24)34-12-4-1-5-13-34/h2-3,6-9,16-19,28H,1,4-5,10-15,20H2. The van der Waals surface area contributed by atoms with Crippen LogP contribution in [0.2, 0.25) is 10.0 Å². The van der Waals surface area contributed by atoms with Gasteiger partial charge in [0.25, 0.3) is 0 Å². The van der Waals surface area contributed by atoms with Crippen LogP contribution in [-0.4, -0.2) is 36.1 Å². The number of likely N-dealkylation sites (tertiary alicyclic amines) is 1. The number of ether oxygens (including phenoxy) is 1. The van der Waals surface area contributed by atoms with E-state index in [1.54, 1.807) is 6.07 Å². The van der Waals surface area contributed by atoms with Crippen molar-refractivity contribution in [1.29, 1.82) is 0 Å². The first kappa shape index (κ1) is 23.3. The van der Waals surface area contributed by atoms with Gasteiger partial charge in [-0.2, -0.15) is 0 Å². The Bertz CT molecular complexity index is 1160. The van der Waals surface area contributed by atoms with Crippen molar-refractivity contribution < 1.29 is 4.74 Å². The summed E-state index contributed by atoms with van der Waals surface area (Å²) in [6.07, 6.45) is 7.75. The lowest BCUT2D eigenvalue weighted by Crippen LogP contribution is -2.42. The van der Waals surface area contributed by atoms with Crippen molar-refractivity contribution in [2.75, 3.05) is 31.1 Å². The molecule has 2 fully saturated rings. The maximum atomic E-state index is 6.87. The van der Waals surface area contributed by atoms with Gasteiger partial charge >= 0.3 is 0 Å². The molecule has 4 heterocycles. The van der Waals surface area contributed by atoms with E-state index < -0.39 is 0 Å². The molecular weight excluding hydrogens is 477 g/mol. The van der Waals surface area contributed by atoms with Crippen molar-refractivity contribution >= 4 is 28.9 Å². The first-order valence-corrected chi connectivity index (χ1v) is 13.5. The average Bonchev–Trinajstić information content (AvgIpc) is 3.20. The van der Waals surface area contributed by atoms with Crippen LogP contribution in [0.25, 0.3) is 0 Å². The highest BCUT2D eigenvalue weighted by molar-refractivity contribution is 6.34. The Hall–Kier alpha value is -2.11. The minimum absolute atomic E-state index is 0.141. The number of rotatable bonds is 4. The second kappa shape index (κ2) is 9.74. The fourth-order valence-corrected chi connectivity index (χ4v) is 6.55. The summed E-state index contributed by atoms with van der Waals surface area (Å²) in [5.41, 5.74) is 5.69. The average molecular weight is 508 g/mol. The first-order valence-electron chi connectivity index (χ1n) is 12.8. The molecule has 2 saturated heterocycles. The first-order chi connectivity index (χ1) is 17.1. The number of hydrogen-bond donors (Lipinski definition) is 0. The molecule has 3 aliphatic rings. The monoisotopic (exact) mass is 507 g/mol. The van der Waals surface area contributed by atoms with Gasteiger partial charge in [-0.1, -0.05) is 47.5 Å². The SMILES string of the molecule is Clc1cc(Cl)cc(C2OC3(CCN(Cc4ccc(N5CCCCC5)cn4)CC3)c3ccccc32)c1.